The van der Waals surface area contributed by atoms with Gasteiger partial charge in [-0.25, -0.2) is 0 Å². The number of anilines is 1. The lowest BCUT2D eigenvalue weighted by Crippen LogP contribution is -2.25. The summed E-state index contributed by atoms with van der Waals surface area (Å²) in [5.41, 5.74) is 4.42. The third-order valence-electron chi connectivity index (χ3n) is 5.23. The van der Waals surface area contributed by atoms with E-state index in [0.29, 0.717) is 23.1 Å². The molecule has 3 rings (SSSR count). The van der Waals surface area contributed by atoms with Gasteiger partial charge in [-0.3, -0.25) is 9.59 Å². The first-order valence-corrected chi connectivity index (χ1v) is 12.1. The van der Waals surface area contributed by atoms with Gasteiger partial charge in [-0.2, -0.15) is 0 Å². The Balaban J connectivity index is 1.64. The fourth-order valence-electron chi connectivity index (χ4n) is 3.19. The van der Waals surface area contributed by atoms with Crippen molar-refractivity contribution in [1.29, 1.82) is 0 Å². The van der Waals surface area contributed by atoms with Gasteiger partial charge in [0.05, 0.1) is 12.3 Å². The Hall–Kier alpha value is -2.91. The molecule has 0 saturated carbocycles. The Labute approximate surface area is 206 Å². The van der Waals surface area contributed by atoms with E-state index < -0.39 is 0 Å². The fraction of sp³-hybridized carbons (Fsp3) is 0.250. The zero-order valence-corrected chi connectivity index (χ0v) is 21.2. The molecule has 0 bridgehead atoms. The monoisotopic (exact) mass is 527 g/mol. The van der Waals surface area contributed by atoms with Gasteiger partial charge in [0.25, 0.3) is 5.91 Å². The summed E-state index contributed by atoms with van der Waals surface area (Å²) in [5.74, 6) is 0.473. The second-order valence-corrected chi connectivity index (χ2v) is 9.27. The Morgan fingerprint density at radius 1 is 1.12 bits per heavy atom. The molecule has 1 heterocycles. The van der Waals surface area contributed by atoms with Gasteiger partial charge in [-0.15, -0.1) is 16.8 Å². The van der Waals surface area contributed by atoms with Crippen molar-refractivity contribution in [2.24, 2.45) is 0 Å². The van der Waals surface area contributed by atoms with Crippen LogP contribution in [0.15, 0.2) is 58.7 Å². The molecule has 3 aromatic rings. The van der Waals surface area contributed by atoms with Crippen LogP contribution < -0.4 is 10.6 Å². The molecule has 0 atom stereocenters. The molecule has 7 nitrogen and oxygen atoms in total. The third-order valence-corrected chi connectivity index (χ3v) is 7.06. The van der Waals surface area contributed by atoms with E-state index in [1.807, 2.05) is 55.7 Å². The highest BCUT2D eigenvalue weighted by Crippen LogP contribution is 2.26. The Kier molecular flexibility index (Phi) is 8.46. The van der Waals surface area contributed by atoms with E-state index in [4.69, 9.17) is 0 Å². The molecule has 9 heteroatoms. The van der Waals surface area contributed by atoms with E-state index in [2.05, 4.69) is 43.3 Å². The van der Waals surface area contributed by atoms with Crippen LogP contribution in [0.5, 0.6) is 0 Å². The van der Waals surface area contributed by atoms with E-state index in [-0.39, 0.29) is 24.1 Å². The van der Waals surface area contributed by atoms with Crippen molar-refractivity contribution in [3.05, 3.63) is 81.6 Å². The van der Waals surface area contributed by atoms with Crippen molar-refractivity contribution in [2.75, 3.05) is 11.1 Å². The molecule has 0 aliphatic rings. The molecule has 0 unspecified atom stereocenters. The van der Waals surface area contributed by atoms with Crippen molar-refractivity contribution < 1.29 is 9.59 Å². The van der Waals surface area contributed by atoms with Crippen molar-refractivity contribution >= 4 is 45.2 Å². The first-order valence-electron chi connectivity index (χ1n) is 10.4. The normalized spacial score (nSPS) is 10.7. The van der Waals surface area contributed by atoms with Crippen LogP contribution >= 0.6 is 27.7 Å². The number of carbonyl (C=O) groups is 2. The molecule has 33 heavy (non-hydrogen) atoms. The first-order chi connectivity index (χ1) is 15.8. The smallest absolute Gasteiger partial charge is 0.251 e. The van der Waals surface area contributed by atoms with E-state index in [0.717, 1.165) is 26.9 Å². The number of thioether (sulfide) groups is 1. The van der Waals surface area contributed by atoms with Gasteiger partial charge < -0.3 is 15.2 Å². The predicted molar refractivity (Wildman–Crippen MR) is 136 cm³/mol. The van der Waals surface area contributed by atoms with Crippen LogP contribution in [0, 0.1) is 20.8 Å². The molecule has 0 fully saturated rings. The van der Waals surface area contributed by atoms with Gasteiger partial charge in [-0.1, -0.05) is 52.0 Å². The molecule has 0 saturated heterocycles. The molecule has 2 aromatic carbocycles. The largest absolute Gasteiger partial charge is 0.345 e. The summed E-state index contributed by atoms with van der Waals surface area (Å²) in [7, 11) is 0. The molecule has 2 amide bonds. The van der Waals surface area contributed by atoms with Gasteiger partial charge in [0.1, 0.15) is 0 Å². The number of nitrogens with one attached hydrogen (secondary N) is 2. The predicted octanol–water partition coefficient (Wildman–Crippen LogP) is 4.81. The fourth-order valence-corrected chi connectivity index (χ4v) is 4.39. The van der Waals surface area contributed by atoms with Crippen molar-refractivity contribution in [3.8, 4) is 0 Å². The highest BCUT2D eigenvalue weighted by Gasteiger charge is 2.16. The van der Waals surface area contributed by atoms with E-state index >= 15 is 0 Å². The maximum absolute atomic E-state index is 12.5. The quantitative estimate of drug-likeness (QED) is 0.307. The van der Waals surface area contributed by atoms with Gasteiger partial charge in [0, 0.05) is 22.3 Å². The summed E-state index contributed by atoms with van der Waals surface area (Å²) in [6.07, 6.45) is 1.73. The van der Waals surface area contributed by atoms with Gasteiger partial charge in [0.2, 0.25) is 5.91 Å². The minimum Gasteiger partial charge on any atom is -0.345 e. The molecule has 0 aliphatic heterocycles. The molecular formula is C24H26BrN5O2S. The van der Waals surface area contributed by atoms with Crippen LogP contribution in [0.4, 0.5) is 5.69 Å². The van der Waals surface area contributed by atoms with Gasteiger partial charge in [0.15, 0.2) is 11.0 Å². The van der Waals surface area contributed by atoms with Gasteiger partial charge in [-0.05, 0) is 55.7 Å². The maximum Gasteiger partial charge on any atom is 0.251 e. The number of nitrogens with zero attached hydrogens (tertiary/aromatic N) is 3. The first kappa shape index (κ1) is 24.7. The summed E-state index contributed by atoms with van der Waals surface area (Å²) in [6.45, 7) is 10.4. The zero-order valence-electron chi connectivity index (χ0n) is 18.8. The Bertz CT molecular complexity index is 1190. The number of amides is 2. The zero-order chi connectivity index (χ0) is 24.0. The Morgan fingerprint density at radius 2 is 1.88 bits per heavy atom. The highest BCUT2D eigenvalue weighted by atomic mass is 79.9. The number of halogens is 1. The van der Waals surface area contributed by atoms with Crippen LogP contribution in [-0.4, -0.2) is 32.3 Å². The minimum atomic E-state index is -0.171. The number of rotatable bonds is 9. The summed E-state index contributed by atoms with van der Waals surface area (Å²) >= 11 is 4.79. The van der Waals surface area contributed by atoms with Crippen molar-refractivity contribution in [1.82, 2.24) is 20.1 Å². The van der Waals surface area contributed by atoms with Crippen LogP contribution in [0.1, 0.15) is 32.9 Å². The summed E-state index contributed by atoms with van der Waals surface area (Å²) in [4.78, 5) is 25.1. The van der Waals surface area contributed by atoms with Crippen LogP contribution in [0.3, 0.4) is 0 Å². The molecule has 2 N–H and O–H groups in total. The topological polar surface area (TPSA) is 88.9 Å². The molecule has 0 radical (unpaired) electrons. The second-order valence-electron chi connectivity index (χ2n) is 7.48. The van der Waals surface area contributed by atoms with Crippen LogP contribution in [-0.2, 0) is 17.9 Å². The second kappa shape index (κ2) is 11.3. The maximum atomic E-state index is 12.5. The van der Waals surface area contributed by atoms with Gasteiger partial charge >= 0.3 is 0 Å². The number of hydrogen-bond acceptors (Lipinski definition) is 5. The lowest BCUT2D eigenvalue weighted by atomic mass is 10.1. The third kappa shape index (κ3) is 6.11. The summed E-state index contributed by atoms with van der Waals surface area (Å²) in [5, 5.41) is 14.9. The standard InChI is InChI=1S/C24H26BrN5O2S/c1-5-12-30-21(13-26-23(32)18-9-7-6-8-15(18)2)28-29-24(30)33-14-22(31)27-20-11-10-19(25)16(3)17(20)4/h5-11H,1,12-14H2,2-4H3,(H,26,32)(H,27,31). The highest BCUT2D eigenvalue weighted by molar-refractivity contribution is 9.10. The number of aromatic nitrogens is 3. The van der Waals surface area contributed by atoms with E-state index in [1.54, 1.807) is 12.1 Å². The lowest BCUT2D eigenvalue weighted by molar-refractivity contribution is -0.113. The number of benzene rings is 2. The van der Waals surface area contributed by atoms with E-state index in [9.17, 15) is 9.59 Å². The molecule has 172 valence electrons. The lowest BCUT2D eigenvalue weighted by Gasteiger charge is -2.12. The number of carbonyl (C=O) groups excluding carboxylic acids is 2. The number of allylic oxidation sites excluding steroid dienone is 1. The summed E-state index contributed by atoms with van der Waals surface area (Å²) in [6, 6.07) is 11.2. The average molecular weight is 528 g/mol. The average Bonchev–Trinajstić information content (AvgIpc) is 3.18. The SMILES string of the molecule is C=CCn1c(CNC(=O)c2ccccc2C)nnc1SCC(=O)Nc1ccc(Br)c(C)c1C. The van der Waals surface area contributed by atoms with E-state index in [1.165, 1.54) is 11.8 Å². The van der Waals surface area contributed by atoms with Crippen LogP contribution in [0.25, 0.3) is 0 Å². The molecular weight excluding hydrogens is 502 g/mol. The molecule has 0 aliphatic carbocycles. The number of hydrogen-bond donors (Lipinski definition) is 2. The molecule has 1 aromatic heterocycles. The Morgan fingerprint density at radius 3 is 2.61 bits per heavy atom. The number of aryl methyl sites for hydroxylation is 1. The van der Waals surface area contributed by atoms with Crippen molar-refractivity contribution in [3.63, 3.8) is 0 Å². The molecule has 0 spiro atoms. The van der Waals surface area contributed by atoms with Crippen molar-refractivity contribution in [2.45, 2.75) is 39.0 Å². The van der Waals surface area contributed by atoms with Crippen LogP contribution in [0.2, 0.25) is 0 Å². The minimum absolute atomic E-state index is 0.132. The summed E-state index contributed by atoms with van der Waals surface area (Å²) < 4.78 is 2.85.